The van der Waals surface area contributed by atoms with Crippen LogP contribution >= 0.6 is 0 Å². The number of aromatic nitrogens is 2. The molecule has 0 fully saturated rings. The Balaban J connectivity index is 1.99. The first-order valence-corrected chi connectivity index (χ1v) is 6.07. The topological polar surface area (TPSA) is 49.2 Å². The highest BCUT2D eigenvalue weighted by Crippen LogP contribution is 2.07. The molecule has 18 heavy (non-hydrogen) atoms. The van der Waals surface area contributed by atoms with Gasteiger partial charge in [0.1, 0.15) is 0 Å². The lowest BCUT2D eigenvalue weighted by Crippen LogP contribution is -2.30. The van der Waals surface area contributed by atoms with Gasteiger partial charge >= 0.3 is 0 Å². The van der Waals surface area contributed by atoms with Gasteiger partial charge in [-0.25, -0.2) is 9.97 Å². The van der Waals surface area contributed by atoms with Crippen molar-refractivity contribution in [2.24, 2.45) is 0 Å². The summed E-state index contributed by atoms with van der Waals surface area (Å²) in [6, 6.07) is 12.1. The summed E-state index contributed by atoms with van der Waals surface area (Å²) >= 11 is 0. The molecule has 0 saturated carbocycles. The predicted octanol–water partition coefficient (Wildman–Crippen LogP) is 1.52. The fourth-order valence-corrected chi connectivity index (χ4v) is 1.80. The van der Waals surface area contributed by atoms with Gasteiger partial charge in [0.05, 0.1) is 6.61 Å². The fraction of sp³-hybridized carbons (Fsp3) is 0.286. The molecule has 0 unspecified atom stereocenters. The van der Waals surface area contributed by atoms with E-state index in [0.29, 0.717) is 12.5 Å². The van der Waals surface area contributed by atoms with Crippen LogP contribution in [0.15, 0.2) is 48.8 Å². The van der Waals surface area contributed by atoms with Crippen molar-refractivity contribution >= 4 is 5.95 Å². The molecular formula is C14H17N3O. The summed E-state index contributed by atoms with van der Waals surface area (Å²) in [5.74, 6) is 0.669. The summed E-state index contributed by atoms with van der Waals surface area (Å²) in [6.07, 6.45) is 4.35. The maximum absolute atomic E-state index is 9.10. The quantitative estimate of drug-likeness (QED) is 0.835. The number of hydrogen-bond donors (Lipinski definition) is 1. The molecule has 0 spiro atoms. The van der Waals surface area contributed by atoms with Crippen molar-refractivity contribution in [1.29, 1.82) is 0 Å². The van der Waals surface area contributed by atoms with E-state index >= 15 is 0 Å². The van der Waals surface area contributed by atoms with Crippen LogP contribution in [0, 0.1) is 0 Å². The summed E-state index contributed by atoms with van der Waals surface area (Å²) in [4.78, 5) is 10.4. The van der Waals surface area contributed by atoms with Crippen LogP contribution in [-0.2, 0) is 6.42 Å². The maximum Gasteiger partial charge on any atom is 0.225 e. The Morgan fingerprint density at radius 1 is 0.944 bits per heavy atom. The minimum absolute atomic E-state index is 0.104. The zero-order valence-electron chi connectivity index (χ0n) is 10.2. The summed E-state index contributed by atoms with van der Waals surface area (Å²) < 4.78 is 0. The Hall–Kier alpha value is -1.94. The molecule has 1 N–H and O–H groups in total. The molecule has 2 rings (SSSR count). The van der Waals surface area contributed by atoms with Gasteiger partial charge in [0, 0.05) is 25.5 Å². The average molecular weight is 243 g/mol. The molecule has 0 amide bonds. The smallest absolute Gasteiger partial charge is 0.225 e. The Morgan fingerprint density at radius 2 is 1.67 bits per heavy atom. The van der Waals surface area contributed by atoms with E-state index in [0.717, 1.165) is 13.0 Å². The van der Waals surface area contributed by atoms with E-state index in [1.165, 1.54) is 5.56 Å². The first kappa shape index (κ1) is 12.5. The molecule has 1 aromatic carbocycles. The lowest BCUT2D eigenvalue weighted by molar-refractivity contribution is 0.301. The molecule has 1 aromatic heterocycles. The standard InChI is InChI=1S/C14H17N3O/c18-12-11-17(14-15-8-4-9-16-14)10-7-13-5-2-1-3-6-13/h1-6,8-9,18H,7,10-12H2. The molecule has 2 aromatic rings. The van der Waals surface area contributed by atoms with E-state index in [1.54, 1.807) is 18.5 Å². The lowest BCUT2D eigenvalue weighted by atomic mass is 10.1. The van der Waals surface area contributed by atoms with Gasteiger partial charge in [0.15, 0.2) is 0 Å². The number of aliphatic hydroxyl groups is 1. The second kappa shape index (κ2) is 6.71. The highest BCUT2D eigenvalue weighted by atomic mass is 16.3. The second-order valence-corrected chi connectivity index (χ2v) is 4.00. The number of hydrogen-bond acceptors (Lipinski definition) is 4. The number of rotatable bonds is 6. The third-order valence-corrected chi connectivity index (χ3v) is 2.72. The van der Waals surface area contributed by atoms with Crippen LogP contribution < -0.4 is 4.90 Å². The minimum atomic E-state index is 0.104. The van der Waals surface area contributed by atoms with Crippen LogP contribution in [0.4, 0.5) is 5.95 Å². The van der Waals surface area contributed by atoms with Crippen LogP contribution in [0.25, 0.3) is 0 Å². The Kier molecular flexibility index (Phi) is 4.67. The van der Waals surface area contributed by atoms with E-state index in [4.69, 9.17) is 5.11 Å². The Labute approximate surface area is 107 Å². The SMILES string of the molecule is OCCN(CCc1ccccc1)c1ncccn1. The number of benzene rings is 1. The Morgan fingerprint density at radius 3 is 2.33 bits per heavy atom. The average Bonchev–Trinajstić information content (AvgIpc) is 2.45. The third-order valence-electron chi connectivity index (χ3n) is 2.72. The van der Waals surface area contributed by atoms with Crippen molar-refractivity contribution in [1.82, 2.24) is 9.97 Å². The first-order chi connectivity index (χ1) is 8.90. The van der Waals surface area contributed by atoms with E-state index in [9.17, 15) is 0 Å². The number of aliphatic hydroxyl groups excluding tert-OH is 1. The van der Waals surface area contributed by atoms with Crippen LogP contribution in [0.2, 0.25) is 0 Å². The zero-order chi connectivity index (χ0) is 12.6. The van der Waals surface area contributed by atoms with Gasteiger partial charge in [-0.15, -0.1) is 0 Å². The van der Waals surface area contributed by atoms with Crippen molar-refractivity contribution in [2.75, 3.05) is 24.6 Å². The summed E-state index contributed by atoms with van der Waals surface area (Å²) in [6.45, 7) is 1.46. The van der Waals surface area contributed by atoms with Gasteiger partial charge in [0.25, 0.3) is 0 Å². The van der Waals surface area contributed by atoms with Crippen LogP contribution in [0.1, 0.15) is 5.56 Å². The molecule has 0 radical (unpaired) electrons. The Bertz CT molecular complexity index is 447. The summed E-state index contributed by atoms with van der Waals surface area (Å²) in [5.41, 5.74) is 1.27. The maximum atomic E-state index is 9.10. The van der Waals surface area contributed by atoms with Gasteiger partial charge in [-0.1, -0.05) is 30.3 Å². The van der Waals surface area contributed by atoms with E-state index in [1.807, 2.05) is 23.1 Å². The molecule has 0 aliphatic rings. The molecule has 0 aliphatic heterocycles. The highest BCUT2D eigenvalue weighted by Gasteiger charge is 2.07. The van der Waals surface area contributed by atoms with E-state index in [2.05, 4.69) is 22.1 Å². The van der Waals surface area contributed by atoms with Gasteiger partial charge < -0.3 is 10.0 Å². The zero-order valence-corrected chi connectivity index (χ0v) is 10.2. The minimum Gasteiger partial charge on any atom is -0.395 e. The van der Waals surface area contributed by atoms with Crippen molar-refractivity contribution in [3.8, 4) is 0 Å². The molecule has 0 bridgehead atoms. The number of anilines is 1. The van der Waals surface area contributed by atoms with Crippen molar-refractivity contribution in [2.45, 2.75) is 6.42 Å². The largest absolute Gasteiger partial charge is 0.395 e. The third kappa shape index (κ3) is 3.53. The summed E-state index contributed by atoms with van der Waals surface area (Å²) in [7, 11) is 0. The molecule has 0 saturated heterocycles. The van der Waals surface area contributed by atoms with Gasteiger partial charge in [-0.2, -0.15) is 0 Å². The molecule has 94 valence electrons. The van der Waals surface area contributed by atoms with Crippen LogP contribution in [-0.4, -0.2) is 34.8 Å². The molecule has 4 heteroatoms. The second-order valence-electron chi connectivity index (χ2n) is 4.00. The van der Waals surface area contributed by atoms with E-state index in [-0.39, 0.29) is 6.61 Å². The number of nitrogens with zero attached hydrogens (tertiary/aromatic N) is 3. The van der Waals surface area contributed by atoms with Gasteiger partial charge in [0.2, 0.25) is 5.95 Å². The normalized spacial score (nSPS) is 10.3. The van der Waals surface area contributed by atoms with Crippen molar-refractivity contribution in [3.63, 3.8) is 0 Å². The predicted molar refractivity (Wildman–Crippen MR) is 71.5 cm³/mol. The van der Waals surface area contributed by atoms with Crippen LogP contribution in [0.3, 0.4) is 0 Å². The van der Waals surface area contributed by atoms with E-state index < -0.39 is 0 Å². The monoisotopic (exact) mass is 243 g/mol. The van der Waals surface area contributed by atoms with Gasteiger partial charge in [-0.3, -0.25) is 0 Å². The first-order valence-electron chi connectivity index (χ1n) is 6.07. The van der Waals surface area contributed by atoms with Crippen molar-refractivity contribution < 1.29 is 5.11 Å². The van der Waals surface area contributed by atoms with Crippen molar-refractivity contribution in [3.05, 3.63) is 54.4 Å². The highest BCUT2D eigenvalue weighted by molar-refractivity contribution is 5.29. The lowest BCUT2D eigenvalue weighted by Gasteiger charge is -2.21. The molecule has 4 nitrogen and oxygen atoms in total. The molecule has 0 aliphatic carbocycles. The fourth-order valence-electron chi connectivity index (χ4n) is 1.80. The molecule has 0 atom stereocenters. The molecule has 1 heterocycles. The van der Waals surface area contributed by atoms with Gasteiger partial charge in [-0.05, 0) is 18.1 Å². The summed E-state index contributed by atoms with van der Waals surface area (Å²) in [5, 5.41) is 9.10. The molecular weight excluding hydrogens is 226 g/mol. The van der Waals surface area contributed by atoms with Crippen LogP contribution in [0.5, 0.6) is 0 Å².